The quantitative estimate of drug-likeness (QED) is 0.823. The second-order valence-corrected chi connectivity index (χ2v) is 7.69. The number of benzene rings is 1. The SMILES string of the molecule is Cc1ccc(C(=O)N2C[C@H]3CC[C@@H](C2)N(CC(=O)N(C)C)C3=O)cc1C. The Morgan fingerprint density at radius 2 is 1.85 bits per heavy atom. The van der Waals surface area contributed by atoms with E-state index in [0.29, 0.717) is 18.7 Å². The zero-order valence-corrected chi connectivity index (χ0v) is 16.0. The van der Waals surface area contributed by atoms with Gasteiger partial charge in [-0.15, -0.1) is 0 Å². The number of amides is 3. The van der Waals surface area contributed by atoms with Crippen LogP contribution < -0.4 is 0 Å². The Morgan fingerprint density at radius 3 is 2.50 bits per heavy atom. The summed E-state index contributed by atoms with van der Waals surface area (Å²) in [7, 11) is 3.39. The third kappa shape index (κ3) is 3.45. The van der Waals surface area contributed by atoms with Crippen molar-refractivity contribution in [2.45, 2.75) is 32.7 Å². The Balaban J connectivity index is 1.80. The maximum atomic E-state index is 13.0. The molecule has 6 heteroatoms. The topological polar surface area (TPSA) is 60.9 Å². The van der Waals surface area contributed by atoms with Gasteiger partial charge in [-0.1, -0.05) is 6.07 Å². The first-order chi connectivity index (χ1) is 12.3. The first-order valence-corrected chi connectivity index (χ1v) is 9.15. The van der Waals surface area contributed by atoms with E-state index in [-0.39, 0.29) is 36.2 Å². The van der Waals surface area contributed by atoms with Crippen molar-refractivity contribution in [1.29, 1.82) is 0 Å². The number of piperidine rings is 1. The molecule has 0 radical (unpaired) electrons. The molecule has 3 aliphatic rings. The minimum absolute atomic E-state index is 0.00633. The van der Waals surface area contributed by atoms with Crippen molar-refractivity contribution in [2.24, 2.45) is 5.92 Å². The molecule has 140 valence electrons. The van der Waals surface area contributed by atoms with Crippen molar-refractivity contribution in [3.05, 3.63) is 34.9 Å². The number of aryl methyl sites for hydroxylation is 2. The number of carbonyl (C=O) groups excluding carboxylic acids is 3. The first-order valence-electron chi connectivity index (χ1n) is 9.15. The Bertz CT molecular complexity index is 744. The average molecular weight is 357 g/mol. The van der Waals surface area contributed by atoms with Crippen molar-refractivity contribution >= 4 is 17.7 Å². The third-order valence-electron chi connectivity index (χ3n) is 5.64. The number of fused-ring (bicyclic) bond motifs is 4. The van der Waals surface area contributed by atoms with Crippen molar-refractivity contribution in [1.82, 2.24) is 14.7 Å². The van der Waals surface area contributed by atoms with Gasteiger partial charge in [0.2, 0.25) is 11.8 Å². The number of carbonyl (C=O) groups is 3. The molecule has 3 fully saturated rings. The van der Waals surface area contributed by atoms with Crippen LogP contribution in [0.5, 0.6) is 0 Å². The molecule has 3 heterocycles. The van der Waals surface area contributed by atoms with Gasteiger partial charge in [-0.05, 0) is 49.9 Å². The van der Waals surface area contributed by atoms with E-state index in [1.54, 1.807) is 23.9 Å². The molecule has 1 aromatic carbocycles. The number of nitrogens with zero attached hydrogens (tertiary/aromatic N) is 3. The normalized spacial score (nSPS) is 22.4. The van der Waals surface area contributed by atoms with E-state index in [1.165, 1.54) is 4.90 Å². The second kappa shape index (κ2) is 7.09. The monoisotopic (exact) mass is 357 g/mol. The molecule has 6 nitrogen and oxygen atoms in total. The molecular formula is C20H27N3O3. The van der Waals surface area contributed by atoms with Gasteiger partial charge >= 0.3 is 0 Å². The molecule has 3 saturated heterocycles. The zero-order valence-electron chi connectivity index (χ0n) is 16.0. The zero-order chi connectivity index (χ0) is 19.0. The number of rotatable bonds is 3. The van der Waals surface area contributed by atoms with Gasteiger partial charge in [0.25, 0.3) is 5.91 Å². The maximum Gasteiger partial charge on any atom is 0.253 e. The summed E-state index contributed by atoms with van der Waals surface area (Å²) in [5.41, 5.74) is 2.90. The summed E-state index contributed by atoms with van der Waals surface area (Å²) in [5, 5.41) is 0. The lowest BCUT2D eigenvalue weighted by Crippen LogP contribution is -2.51. The highest BCUT2D eigenvalue weighted by Gasteiger charge is 2.42. The van der Waals surface area contributed by atoms with Gasteiger partial charge in [-0.25, -0.2) is 0 Å². The molecule has 4 rings (SSSR count). The predicted octanol–water partition coefficient (Wildman–Crippen LogP) is 1.45. The molecule has 0 N–H and O–H groups in total. The summed E-state index contributed by atoms with van der Waals surface area (Å²) in [4.78, 5) is 42.9. The summed E-state index contributed by atoms with van der Waals surface area (Å²) in [5.74, 6) is -0.317. The lowest BCUT2D eigenvalue weighted by atomic mass is 9.94. The van der Waals surface area contributed by atoms with Crippen LogP contribution in [-0.2, 0) is 9.59 Å². The highest BCUT2D eigenvalue weighted by atomic mass is 16.2. The molecule has 0 aliphatic carbocycles. The highest BCUT2D eigenvalue weighted by Crippen LogP contribution is 2.30. The Morgan fingerprint density at radius 1 is 1.12 bits per heavy atom. The van der Waals surface area contributed by atoms with Gasteiger partial charge < -0.3 is 14.7 Å². The van der Waals surface area contributed by atoms with Crippen LogP contribution in [0.4, 0.5) is 0 Å². The Hall–Kier alpha value is -2.37. The fourth-order valence-electron chi connectivity index (χ4n) is 3.76. The molecular weight excluding hydrogens is 330 g/mol. The standard InChI is InChI=1S/C20H27N3O3/c1-13-5-6-15(9-14(13)2)19(25)22-10-16-7-8-17(11-22)23(20(16)26)12-18(24)21(3)4/h5-6,9,16-17H,7-8,10-12H2,1-4H3/t16-,17+/m1/s1. The summed E-state index contributed by atoms with van der Waals surface area (Å²) in [6.07, 6.45) is 1.63. The van der Waals surface area contributed by atoms with E-state index < -0.39 is 0 Å². The summed E-state index contributed by atoms with van der Waals surface area (Å²) < 4.78 is 0. The molecule has 0 aromatic heterocycles. The van der Waals surface area contributed by atoms with Crippen molar-refractivity contribution in [3.63, 3.8) is 0 Å². The van der Waals surface area contributed by atoms with Crippen LogP contribution in [0.3, 0.4) is 0 Å². The predicted molar refractivity (Wildman–Crippen MR) is 98.7 cm³/mol. The van der Waals surface area contributed by atoms with E-state index >= 15 is 0 Å². The van der Waals surface area contributed by atoms with Crippen LogP contribution in [-0.4, -0.2) is 72.2 Å². The van der Waals surface area contributed by atoms with E-state index in [9.17, 15) is 14.4 Å². The molecule has 2 atom stereocenters. The van der Waals surface area contributed by atoms with E-state index in [1.807, 2.05) is 32.0 Å². The highest BCUT2D eigenvalue weighted by molar-refractivity contribution is 5.95. The van der Waals surface area contributed by atoms with Gasteiger partial charge in [0.1, 0.15) is 6.54 Å². The largest absolute Gasteiger partial charge is 0.347 e. The van der Waals surface area contributed by atoms with Crippen molar-refractivity contribution in [3.8, 4) is 0 Å². The van der Waals surface area contributed by atoms with Gasteiger partial charge in [0, 0.05) is 38.8 Å². The maximum absolute atomic E-state index is 13.0. The Labute approximate surface area is 154 Å². The van der Waals surface area contributed by atoms with E-state index in [0.717, 1.165) is 24.0 Å². The van der Waals surface area contributed by atoms with Crippen LogP contribution in [0.1, 0.15) is 34.3 Å². The Kier molecular flexibility index (Phi) is 5.03. The third-order valence-corrected chi connectivity index (χ3v) is 5.64. The van der Waals surface area contributed by atoms with Crippen LogP contribution in [0.15, 0.2) is 18.2 Å². The molecule has 0 unspecified atom stereocenters. The molecule has 3 aliphatic heterocycles. The second-order valence-electron chi connectivity index (χ2n) is 7.69. The molecule has 1 aromatic rings. The van der Waals surface area contributed by atoms with E-state index in [2.05, 4.69) is 0 Å². The van der Waals surface area contributed by atoms with Crippen LogP contribution in [0.25, 0.3) is 0 Å². The van der Waals surface area contributed by atoms with Crippen LogP contribution >= 0.6 is 0 Å². The van der Waals surface area contributed by atoms with Crippen molar-refractivity contribution in [2.75, 3.05) is 33.7 Å². The lowest BCUT2D eigenvalue weighted by Gasteiger charge is -2.35. The van der Waals surface area contributed by atoms with E-state index in [4.69, 9.17) is 0 Å². The van der Waals surface area contributed by atoms with Crippen LogP contribution in [0, 0.1) is 19.8 Å². The average Bonchev–Trinajstić information content (AvgIpc) is 2.89. The molecule has 2 bridgehead atoms. The first kappa shape index (κ1) is 18.4. The lowest BCUT2D eigenvalue weighted by molar-refractivity contribution is -0.145. The minimum Gasteiger partial charge on any atom is -0.347 e. The smallest absolute Gasteiger partial charge is 0.253 e. The summed E-state index contributed by atoms with van der Waals surface area (Å²) in [6, 6.07) is 5.65. The van der Waals surface area contributed by atoms with Gasteiger partial charge in [-0.2, -0.15) is 0 Å². The molecule has 0 spiro atoms. The fourth-order valence-corrected chi connectivity index (χ4v) is 3.76. The number of hydrogen-bond donors (Lipinski definition) is 0. The fraction of sp³-hybridized carbons (Fsp3) is 0.550. The summed E-state index contributed by atoms with van der Waals surface area (Å²) >= 11 is 0. The molecule has 3 amide bonds. The number of likely N-dealkylation sites (N-methyl/N-ethyl adjacent to an activating group) is 1. The molecule has 26 heavy (non-hydrogen) atoms. The van der Waals surface area contributed by atoms with Crippen LogP contribution in [0.2, 0.25) is 0 Å². The van der Waals surface area contributed by atoms with Gasteiger partial charge in [-0.3, -0.25) is 14.4 Å². The van der Waals surface area contributed by atoms with Gasteiger partial charge in [0.15, 0.2) is 0 Å². The number of hydrogen-bond acceptors (Lipinski definition) is 3. The van der Waals surface area contributed by atoms with Crippen molar-refractivity contribution < 1.29 is 14.4 Å². The molecule has 0 saturated carbocycles. The minimum atomic E-state index is -0.209. The summed E-state index contributed by atoms with van der Waals surface area (Å²) in [6.45, 7) is 5.05. The van der Waals surface area contributed by atoms with Gasteiger partial charge in [0.05, 0.1) is 5.92 Å².